The van der Waals surface area contributed by atoms with Crippen molar-refractivity contribution in [2.45, 2.75) is 26.8 Å². The Morgan fingerprint density at radius 1 is 1.12 bits per heavy atom. The number of amides is 1. The van der Waals surface area contributed by atoms with Crippen molar-refractivity contribution in [2.24, 2.45) is 12.0 Å². The van der Waals surface area contributed by atoms with Crippen LogP contribution in [0.2, 0.25) is 0 Å². The van der Waals surface area contributed by atoms with Crippen molar-refractivity contribution in [2.75, 3.05) is 5.32 Å². The lowest BCUT2D eigenvalue weighted by molar-refractivity contribution is -0.113. The van der Waals surface area contributed by atoms with Crippen LogP contribution in [-0.4, -0.2) is 15.0 Å². The third-order valence-corrected chi connectivity index (χ3v) is 8.12. The van der Waals surface area contributed by atoms with Gasteiger partial charge in [-0.25, -0.2) is 4.99 Å². The Morgan fingerprint density at radius 3 is 2.53 bits per heavy atom. The Morgan fingerprint density at radius 2 is 1.88 bits per heavy atom. The van der Waals surface area contributed by atoms with Crippen LogP contribution in [0.4, 0.5) is 5.69 Å². The molecule has 0 fully saturated rings. The van der Waals surface area contributed by atoms with E-state index in [1.165, 1.54) is 22.7 Å². The molecule has 1 N–H and O–H groups in total. The van der Waals surface area contributed by atoms with E-state index in [4.69, 9.17) is 4.99 Å². The standard InChI is InChI=1S/C26H24N4O2S2/c1-15-13-18(17(3)29(15)4)14-21-25(32)30-23(20-11-8-12-33-20)22(16(2)27-26(30)34-21)24(31)28-19-9-6-5-7-10-19/h5-14,23H,1-4H3,(H,28,31)/b21-14+/t23-/m1/s1. The van der Waals surface area contributed by atoms with Crippen LogP contribution in [0, 0.1) is 13.8 Å². The maximum absolute atomic E-state index is 13.7. The molecule has 0 saturated heterocycles. The van der Waals surface area contributed by atoms with Crippen molar-refractivity contribution in [3.8, 4) is 0 Å². The molecular weight excluding hydrogens is 464 g/mol. The monoisotopic (exact) mass is 488 g/mol. The summed E-state index contributed by atoms with van der Waals surface area (Å²) in [6.07, 6.45) is 1.93. The second-order valence-electron chi connectivity index (χ2n) is 8.30. The van der Waals surface area contributed by atoms with Gasteiger partial charge in [0.1, 0.15) is 6.04 Å². The van der Waals surface area contributed by atoms with Gasteiger partial charge in [0.25, 0.3) is 11.5 Å². The van der Waals surface area contributed by atoms with Crippen molar-refractivity contribution in [3.63, 3.8) is 0 Å². The summed E-state index contributed by atoms with van der Waals surface area (Å²) in [5.74, 6) is -0.255. The molecule has 0 saturated carbocycles. The fraction of sp³-hybridized carbons (Fsp3) is 0.192. The third kappa shape index (κ3) is 3.78. The van der Waals surface area contributed by atoms with E-state index < -0.39 is 6.04 Å². The molecule has 1 aliphatic rings. The van der Waals surface area contributed by atoms with Gasteiger partial charge in [0.15, 0.2) is 4.80 Å². The highest BCUT2D eigenvalue weighted by Gasteiger charge is 2.33. The molecule has 0 aliphatic carbocycles. The molecule has 34 heavy (non-hydrogen) atoms. The van der Waals surface area contributed by atoms with Crippen LogP contribution in [0.25, 0.3) is 6.08 Å². The molecule has 3 aromatic heterocycles. The van der Waals surface area contributed by atoms with Gasteiger partial charge in [0, 0.05) is 29.0 Å². The summed E-state index contributed by atoms with van der Waals surface area (Å²) in [4.78, 5) is 33.4. The van der Waals surface area contributed by atoms with E-state index in [9.17, 15) is 9.59 Å². The van der Waals surface area contributed by atoms with Crippen molar-refractivity contribution in [1.82, 2.24) is 9.13 Å². The van der Waals surface area contributed by atoms with E-state index in [2.05, 4.69) is 16.0 Å². The van der Waals surface area contributed by atoms with Gasteiger partial charge < -0.3 is 9.88 Å². The summed E-state index contributed by atoms with van der Waals surface area (Å²) >= 11 is 2.89. The number of anilines is 1. The SMILES string of the molecule is CC1=C(C(=O)Nc2ccccc2)[C@@H](c2cccs2)n2c(s/c(=C/c3cc(C)n(C)c3C)c2=O)=N1. The second-order valence-corrected chi connectivity index (χ2v) is 10.3. The largest absolute Gasteiger partial charge is 0.352 e. The summed E-state index contributed by atoms with van der Waals surface area (Å²) in [7, 11) is 2.02. The molecule has 4 aromatic rings. The molecule has 4 heterocycles. The number of hydrogen-bond donors (Lipinski definition) is 1. The predicted octanol–water partition coefficient (Wildman–Crippen LogP) is 3.89. The average Bonchev–Trinajstić information content (AvgIpc) is 3.51. The first-order chi connectivity index (χ1) is 16.3. The van der Waals surface area contributed by atoms with Crippen LogP contribution in [0.5, 0.6) is 0 Å². The van der Waals surface area contributed by atoms with Gasteiger partial charge in [-0.05, 0) is 62.1 Å². The zero-order valence-electron chi connectivity index (χ0n) is 19.3. The Kier molecular flexibility index (Phi) is 5.71. The van der Waals surface area contributed by atoms with Crippen LogP contribution < -0.4 is 20.2 Å². The Hall–Kier alpha value is -3.49. The van der Waals surface area contributed by atoms with Gasteiger partial charge in [-0.15, -0.1) is 11.3 Å². The molecule has 8 heteroatoms. The minimum atomic E-state index is -0.527. The first-order valence-electron chi connectivity index (χ1n) is 10.9. The quantitative estimate of drug-likeness (QED) is 0.474. The zero-order chi connectivity index (χ0) is 24.0. The van der Waals surface area contributed by atoms with Gasteiger partial charge in [0.2, 0.25) is 0 Å². The minimum Gasteiger partial charge on any atom is -0.352 e. The van der Waals surface area contributed by atoms with Gasteiger partial charge in [-0.2, -0.15) is 0 Å². The second kappa shape index (κ2) is 8.70. The fourth-order valence-electron chi connectivity index (χ4n) is 4.22. The van der Waals surface area contributed by atoms with Crippen LogP contribution in [0.15, 0.2) is 75.0 Å². The molecule has 1 atom stereocenters. The number of allylic oxidation sites excluding steroid dienone is 1. The number of thiophene rings is 1. The van der Waals surface area contributed by atoms with Crippen LogP contribution in [0.1, 0.15) is 34.8 Å². The number of fused-ring (bicyclic) bond motifs is 1. The van der Waals surface area contributed by atoms with Gasteiger partial charge in [-0.3, -0.25) is 14.2 Å². The van der Waals surface area contributed by atoms with E-state index in [0.717, 1.165) is 21.8 Å². The van der Waals surface area contributed by atoms with Crippen LogP contribution in [-0.2, 0) is 11.8 Å². The molecule has 1 aliphatic heterocycles. The number of aromatic nitrogens is 2. The third-order valence-electron chi connectivity index (χ3n) is 6.21. The number of carbonyl (C=O) groups is 1. The van der Waals surface area contributed by atoms with Gasteiger partial charge in [-0.1, -0.05) is 35.6 Å². The Labute approximate surface area is 204 Å². The number of para-hydroxylation sites is 1. The summed E-state index contributed by atoms with van der Waals surface area (Å²) < 4.78 is 4.37. The molecule has 0 bridgehead atoms. The normalized spacial score (nSPS) is 15.9. The van der Waals surface area contributed by atoms with Crippen molar-refractivity contribution in [3.05, 3.63) is 107 Å². The van der Waals surface area contributed by atoms with Crippen molar-refractivity contribution >= 4 is 40.3 Å². The number of rotatable bonds is 4. The molecule has 1 aromatic carbocycles. The maximum Gasteiger partial charge on any atom is 0.271 e. The van der Waals surface area contributed by atoms with E-state index in [-0.39, 0.29) is 11.5 Å². The first-order valence-corrected chi connectivity index (χ1v) is 12.6. The highest BCUT2D eigenvalue weighted by atomic mass is 32.1. The molecule has 172 valence electrons. The van der Waals surface area contributed by atoms with E-state index in [1.54, 1.807) is 4.57 Å². The number of benzene rings is 1. The Bertz CT molecular complexity index is 1600. The molecule has 1 amide bonds. The van der Waals surface area contributed by atoms with E-state index in [0.29, 0.717) is 26.3 Å². The van der Waals surface area contributed by atoms with Crippen molar-refractivity contribution in [1.29, 1.82) is 0 Å². The predicted molar refractivity (Wildman–Crippen MR) is 138 cm³/mol. The average molecular weight is 489 g/mol. The van der Waals surface area contributed by atoms with Crippen LogP contribution in [0.3, 0.4) is 0 Å². The number of carbonyl (C=O) groups excluding carboxylic acids is 1. The Balaban J connectivity index is 1.67. The molecule has 0 spiro atoms. The number of thiazole rings is 1. The van der Waals surface area contributed by atoms with Gasteiger partial charge in [0.05, 0.1) is 15.8 Å². The van der Waals surface area contributed by atoms with Crippen LogP contribution >= 0.6 is 22.7 Å². The highest BCUT2D eigenvalue weighted by molar-refractivity contribution is 7.10. The molecule has 0 unspecified atom stereocenters. The summed E-state index contributed by atoms with van der Waals surface area (Å²) in [5, 5.41) is 4.93. The molecule has 6 nitrogen and oxygen atoms in total. The van der Waals surface area contributed by atoms with Gasteiger partial charge >= 0.3 is 0 Å². The number of hydrogen-bond acceptors (Lipinski definition) is 5. The summed E-state index contributed by atoms with van der Waals surface area (Å²) in [6, 6.07) is 14.8. The summed E-state index contributed by atoms with van der Waals surface area (Å²) in [6.45, 7) is 5.92. The zero-order valence-corrected chi connectivity index (χ0v) is 21.0. The first kappa shape index (κ1) is 22.3. The number of nitrogens with zero attached hydrogens (tertiary/aromatic N) is 3. The van der Waals surface area contributed by atoms with E-state index in [1.807, 2.05) is 81.7 Å². The number of aryl methyl sites for hydroxylation is 1. The molecule has 0 radical (unpaired) electrons. The lowest BCUT2D eigenvalue weighted by Gasteiger charge is -2.24. The smallest absolute Gasteiger partial charge is 0.271 e. The number of nitrogens with one attached hydrogen (secondary N) is 1. The summed E-state index contributed by atoms with van der Waals surface area (Å²) in [5.41, 5.74) is 4.89. The maximum atomic E-state index is 13.7. The topological polar surface area (TPSA) is 68.4 Å². The lowest BCUT2D eigenvalue weighted by Crippen LogP contribution is -2.40. The molecule has 5 rings (SSSR count). The minimum absolute atomic E-state index is 0.138. The lowest BCUT2D eigenvalue weighted by atomic mass is 10.0. The fourth-order valence-corrected chi connectivity index (χ4v) is 6.08. The molecular formula is C26H24N4O2S2. The van der Waals surface area contributed by atoms with E-state index >= 15 is 0 Å². The highest BCUT2D eigenvalue weighted by Crippen LogP contribution is 2.33. The van der Waals surface area contributed by atoms with Crippen molar-refractivity contribution < 1.29 is 4.79 Å².